The predicted molar refractivity (Wildman–Crippen MR) is 72.5 cm³/mol. The van der Waals surface area contributed by atoms with Gasteiger partial charge in [0, 0.05) is 13.5 Å². The number of carbonyl (C=O) groups is 1. The van der Waals surface area contributed by atoms with Crippen LogP contribution in [0.25, 0.3) is 0 Å². The normalized spacial score (nSPS) is 27.2. The highest BCUT2D eigenvalue weighted by Gasteiger charge is 2.40. The fraction of sp³-hybridized carbons (Fsp3) is 0.562. The minimum atomic E-state index is -0.624. The van der Waals surface area contributed by atoms with Crippen molar-refractivity contribution in [3.8, 4) is 0 Å². The molecule has 0 radical (unpaired) electrons. The molecule has 0 amide bonds. The van der Waals surface area contributed by atoms with Crippen LogP contribution in [-0.4, -0.2) is 18.5 Å². The highest BCUT2D eigenvalue weighted by Crippen LogP contribution is 2.35. The van der Waals surface area contributed by atoms with E-state index in [4.69, 9.17) is 4.74 Å². The van der Waals surface area contributed by atoms with E-state index in [2.05, 4.69) is 6.92 Å². The van der Waals surface area contributed by atoms with Crippen LogP contribution < -0.4 is 0 Å². The number of ketones is 1. The van der Waals surface area contributed by atoms with Gasteiger partial charge in [-0.1, -0.05) is 19.1 Å². The smallest absolute Gasteiger partial charge is 0.168 e. The molecule has 1 aromatic carbocycles. The third-order valence-electron chi connectivity index (χ3n) is 4.26. The van der Waals surface area contributed by atoms with Gasteiger partial charge in [0.05, 0.1) is 0 Å². The average molecular weight is 264 g/mol. The van der Waals surface area contributed by atoms with Crippen LogP contribution in [0, 0.1) is 11.7 Å². The summed E-state index contributed by atoms with van der Waals surface area (Å²) in [6.45, 7) is 2.21. The Balaban J connectivity index is 2.06. The van der Waals surface area contributed by atoms with Crippen LogP contribution in [0.1, 0.15) is 38.2 Å². The minimum Gasteiger partial charge on any atom is -0.370 e. The van der Waals surface area contributed by atoms with Gasteiger partial charge in [-0.05, 0) is 49.3 Å². The molecule has 0 saturated heterocycles. The Kier molecular flexibility index (Phi) is 4.35. The van der Waals surface area contributed by atoms with Crippen LogP contribution in [0.4, 0.5) is 4.39 Å². The molecule has 2 nitrogen and oxygen atoms in total. The summed E-state index contributed by atoms with van der Waals surface area (Å²) < 4.78 is 18.4. The second-order valence-corrected chi connectivity index (χ2v) is 5.61. The van der Waals surface area contributed by atoms with E-state index in [-0.39, 0.29) is 11.6 Å². The lowest BCUT2D eigenvalue weighted by Gasteiger charge is -2.37. The highest BCUT2D eigenvalue weighted by molar-refractivity contribution is 5.89. The maximum Gasteiger partial charge on any atom is 0.168 e. The van der Waals surface area contributed by atoms with Crippen molar-refractivity contribution < 1.29 is 13.9 Å². The summed E-state index contributed by atoms with van der Waals surface area (Å²) >= 11 is 0. The van der Waals surface area contributed by atoms with Crippen molar-refractivity contribution >= 4 is 5.78 Å². The van der Waals surface area contributed by atoms with Gasteiger partial charge in [-0.15, -0.1) is 0 Å². The molecule has 3 heteroatoms. The molecule has 0 aromatic heterocycles. The lowest BCUT2D eigenvalue weighted by atomic mass is 9.76. The van der Waals surface area contributed by atoms with Gasteiger partial charge in [-0.2, -0.15) is 0 Å². The van der Waals surface area contributed by atoms with Crippen molar-refractivity contribution in [3.05, 3.63) is 35.6 Å². The molecule has 1 aliphatic rings. The summed E-state index contributed by atoms with van der Waals surface area (Å²) in [5.41, 5.74) is 0.224. The monoisotopic (exact) mass is 264 g/mol. The number of halogens is 1. The van der Waals surface area contributed by atoms with E-state index in [1.54, 1.807) is 19.2 Å². The number of methoxy groups -OCH3 is 1. The largest absolute Gasteiger partial charge is 0.370 e. The lowest BCUT2D eigenvalue weighted by Crippen LogP contribution is -2.44. The molecule has 0 atom stereocenters. The van der Waals surface area contributed by atoms with Gasteiger partial charge in [-0.3, -0.25) is 4.79 Å². The molecule has 0 heterocycles. The summed E-state index contributed by atoms with van der Waals surface area (Å²) in [6, 6.07) is 6.13. The molecule has 2 rings (SSSR count). The van der Waals surface area contributed by atoms with Crippen LogP contribution in [-0.2, 0) is 16.0 Å². The maximum atomic E-state index is 12.9. The first kappa shape index (κ1) is 14.2. The van der Waals surface area contributed by atoms with Crippen molar-refractivity contribution in [1.82, 2.24) is 0 Å². The van der Waals surface area contributed by atoms with Gasteiger partial charge in [0.1, 0.15) is 11.4 Å². The summed E-state index contributed by atoms with van der Waals surface area (Å²) in [4.78, 5) is 12.5. The van der Waals surface area contributed by atoms with E-state index >= 15 is 0 Å². The number of Topliss-reactive ketones (excluding diaryl/α,β-unsaturated/α-hetero) is 1. The number of benzene rings is 1. The lowest BCUT2D eigenvalue weighted by molar-refractivity contribution is -0.145. The van der Waals surface area contributed by atoms with Crippen LogP contribution in [0.15, 0.2) is 24.3 Å². The topological polar surface area (TPSA) is 26.3 Å². The fourth-order valence-electron chi connectivity index (χ4n) is 2.77. The molecule has 1 saturated carbocycles. The Morgan fingerprint density at radius 2 is 1.89 bits per heavy atom. The zero-order valence-corrected chi connectivity index (χ0v) is 11.6. The molecule has 0 spiro atoms. The van der Waals surface area contributed by atoms with Crippen LogP contribution in [0.2, 0.25) is 0 Å². The third-order valence-corrected chi connectivity index (χ3v) is 4.26. The van der Waals surface area contributed by atoms with E-state index in [0.29, 0.717) is 12.3 Å². The summed E-state index contributed by atoms with van der Waals surface area (Å²) in [7, 11) is 1.62. The number of rotatable bonds is 4. The summed E-state index contributed by atoms with van der Waals surface area (Å²) in [5.74, 6) is 0.513. The Labute approximate surface area is 114 Å². The van der Waals surface area contributed by atoms with E-state index < -0.39 is 5.60 Å². The second kappa shape index (κ2) is 5.83. The van der Waals surface area contributed by atoms with Crippen molar-refractivity contribution in [2.75, 3.05) is 7.11 Å². The predicted octanol–water partition coefficient (Wildman–Crippen LogP) is 3.53. The number of hydrogen-bond donors (Lipinski definition) is 0. The maximum absolute atomic E-state index is 12.9. The van der Waals surface area contributed by atoms with Crippen molar-refractivity contribution in [3.63, 3.8) is 0 Å². The average Bonchev–Trinajstić information content (AvgIpc) is 2.42. The number of ether oxygens (including phenoxy) is 1. The molecule has 0 aliphatic heterocycles. The minimum absolute atomic E-state index is 0.119. The van der Waals surface area contributed by atoms with Gasteiger partial charge >= 0.3 is 0 Å². The van der Waals surface area contributed by atoms with Gasteiger partial charge in [-0.25, -0.2) is 4.39 Å². The molecule has 19 heavy (non-hydrogen) atoms. The molecular formula is C16H21FO2. The van der Waals surface area contributed by atoms with Gasteiger partial charge in [0.2, 0.25) is 0 Å². The van der Waals surface area contributed by atoms with Gasteiger partial charge in [0.15, 0.2) is 5.78 Å². The van der Waals surface area contributed by atoms with Crippen LogP contribution in [0.5, 0.6) is 0 Å². The van der Waals surface area contributed by atoms with Gasteiger partial charge < -0.3 is 4.74 Å². The molecule has 0 N–H and O–H groups in total. The van der Waals surface area contributed by atoms with Gasteiger partial charge in [0.25, 0.3) is 0 Å². The Bertz CT molecular complexity index is 431. The molecule has 1 fully saturated rings. The van der Waals surface area contributed by atoms with Crippen molar-refractivity contribution in [2.45, 2.75) is 44.6 Å². The first-order valence-electron chi connectivity index (χ1n) is 6.88. The van der Waals surface area contributed by atoms with Crippen LogP contribution in [0.3, 0.4) is 0 Å². The molecule has 0 unspecified atom stereocenters. The first-order valence-corrected chi connectivity index (χ1v) is 6.88. The molecule has 104 valence electrons. The zero-order chi connectivity index (χ0) is 13.9. The standard InChI is InChI=1S/C16H21FO2/c1-12-7-9-16(19-2,10-8-12)15(18)11-13-3-5-14(17)6-4-13/h3-6,12H,7-11H2,1-2H3. The molecule has 1 aromatic rings. The quantitative estimate of drug-likeness (QED) is 0.831. The Hall–Kier alpha value is -1.22. The van der Waals surface area contributed by atoms with Crippen LogP contribution >= 0.6 is 0 Å². The first-order chi connectivity index (χ1) is 9.05. The summed E-state index contributed by atoms with van der Waals surface area (Å²) in [6.07, 6.45) is 3.98. The fourth-order valence-corrected chi connectivity index (χ4v) is 2.77. The number of hydrogen-bond acceptors (Lipinski definition) is 2. The Morgan fingerprint density at radius 1 is 1.32 bits per heavy atom. The molecule has 1 aliphatic carbocycles. The highest BCUT2D eigenvalue weighted by atomic mass is 19.1. The molecular weight excluding hydrogens is 243 g/mol. The zero-order valence-electron chi connectivity index (χ0n) is 11.6. The second-order valence-electron chi connectivity index (χ2n) is 5.61. The SMILES string of the molecule is COC1(C(=O)Cc2ccc(F)cc2)CCC(C)CC1. The Morgan fingerprint density at radius 3 is 2.42 bits per heavy atom. The number of carbonyl (C=O) groups excluding carboxylic acids is 1. The molecule has 0 bridgehead atoms. The van der Waals surface area contributed by atoms with Crippen molar-refractivity contribution in [1.29, 1.82) is 0 Å². The van der Waals surface area contributed by atoms with E-state index in [0.717, 1.165) is 31.2 Å². The van der Waals surface area contributed by atoms with Crippen molar-refractivity contribution in [2.24, 2.45) is 5.92 Å². The third kappa shape index (κ3) is 3.21. The summed E-state index contributed by atoms with van der Waals surface area (Å²) in [5, 5.41) is 0. The van der Waals surface area contributed by atoms with E-state index in [1.165, 1.54) is 12.1 Å². The van der Waals surface area contributed by atoms with E-state index in [9.17, 15) is 9.18 Å². The van der Waals surface area contributed by atoms with E-state index in [1.807, 2.05) is 0 Å².